The number of guanidine groups is 1. The quantitative estimate of drug-likeness (QED) is 0.335. The molecule has 0 spiro atoms. The third kappa shape index (κ3) is 7.53. The largest absolute Gasteiger partial charge is 0.379 e. The van der Waals surface area contributed by atoms with Gasteiger partial charge < -0.3 is 20.3 Å². The molecule has 2 heterocycles. The predicted octanol–water partition coefficient (Wildman–Crippen LogP) is 2.85. The van der Waals surface area contributed by atoms with Gasteiger partial charge in [-0.3, -0.25) is 9.89 Å². The van der Waals surface area contributed by atoms with Gasteiger partial charge in [0.2, 0.25) is 0 Å². The molecule has 0 bridgehead atoms. The van der Waals surface area contributed by atoms with Crippen LogP contribution in [0, 0.1) is 18.7 Å². The van der Waals surface area contributed by atoms with Crippen LogP contribution in [-0.2, 0) is 4.74 Å². The van der Waals surface area contributed by atoms with Crippen LogP contribution >= 0.6 is 24.0 Å². The Morgan fingerprint density at radius 2 is 2.07 bits per heavy atom. The van der Waals surface area contributed by atoms with Crippen LogP contribution in [0.25, 0.3) is 0 Å². The van der Waals surface area contributed by atoms with Crippen molar-refractivity contribution >= 4 is 35.6 Å². The summed E-state index contributed by atoms with van der Waals surface area (Å²) in [4.78, 5) is 9.24. The highest BCUT2D eigenvalue weighted by atomic mass is 127. The molecule has 170 valence electrons. The van der Waals surface area contributed by atoms with Crippen LogP contribution in [0.2, 0.25) is 0 Å². The Labute approximate surface area is 197 Å². The number of hydrogen-bond donors (Lipinski definition) is 2. The Kier molecular flexibility index (Phi) is 10.6. The first kappa shape index (κ1) is 25.1. The molecule has 2 fully saturated rings. The molecule has 2 unspecified atom stereocenters. The van der Waals surface area contributed by atoms with Crippen molar-refractivity contribution in [2.75, 3.05) is 64.4 Å². The van der Waals surface area contributed by atoms with Crippen molar-refractivity contribution in [2.24, 2.45) is 10.9 Å². The molecule has 3 rings (SSSR count). The maximum atomic E-state index is 13.4. The fourth-order valence-corrected chi connectivity index (χ4v) is 4.24. The van der Waals surface area contributed by atoms with Gasteiger partial charge in [-0.1, -0.05) is 6.92 Å². The van der Waals surface area contributed by atoms with E-state index in [0.29, 0.717) is 12.0 Å². The monoisotopic (exact) mass is 533 g/mol. The lowest BCUT2D eigenvalue weighted by atomic mass is 10.0. The molecule has 0 aliphatic carbocycles. The SMILES string of the molecule is CN=C(NCC(C)CN1CCOCC1)NC1CCCN(c2ccc(F)cc2C)C1.I. The van der Waals surface area contributed by atoms with Crippen molar-refractivity contribution < 1.29 is 9.13 Å². The van der Waals surface area contributed by atoms with E-state index in [2.05, 4.69) is 32.3 Å². The first-order valence-corrected chi connectivity index (χ1v) is 10.8. The minimum atomic E-state index is -0.172. The van der Waals surface area contributed by atoms with Crippen molar-refractivity contribution in [1.82, 2.24) is 15.5 Å². The first-order valence-electron chi connectivity index (χ1n) is 10.8. The second kappa shape index (κ2) is 12.7. The topological polar surface area (TPSA) is 52.1 Å². The second-order valence-electron chi connectivity index (χ2n) is 8.33. The zero-order chi connectivity index (χ0) is 20.6. The van der Waals surface area contributed by atoms with E-state index in [1.54, 1.807) is 12.1 Å². The molecule has 2 saturated heterocycles. The summed E-state index contributed by atoms with van der Waals surface area (Å²) >= 11 is 0. The smallest absolute Gasteiger partial charge is 0.191 e. The van der Waals surface area contributed by atoms with Gasteiger partial charge in [0.25, 0.3) is 0 Å². The number of benzene rings is 1. The van der Waals surface area contributed by atoms with Gasteiger partial charge in [0.15, 0.2) is 5.96 Å². The molecule has 2 aliphatic rings. The molecule has 0 aromatic heterocycles. The summed E-state index contributed by atoms with van der Waals surface area (Å²) in [5.41, 5.74) is 2.12. The van der Waals surface area contributed by atoms with E-state index in [1.807, 2.05) is 20.0 Å². The summed E-state index contributed by atoms with van der Waals surface area (Å²) in [6, 6.07) is 5.39. The standard InChI is InChI=1S/C22H36FN5O.HI/c1-17(15-27-9-11-29-12-10-27)14-25-22(24-3)26-20-5-4-8-28(16-20)21-7-6-19(23)13-18(21)2;/h6-7,13,17,20H,4-5,8-12,14-16H2,1-3H3,(H2,24,25,26);1H. The second-order valence-corrected chi connectivity index (χ2v) is 8.33. The van der Waals surface area contributed by atoms with Crippen LogP contribution in [0.3, 0.4) is 0 Å². The summed E-state index contributed by atoms with van der Waals surface area (Å²) in [5, 5.41) is 7.08. The van der Waals surface area contributed by atoms with E-state index in [9.17, 15) is 4.39 Å². The molecular formula is C22H37FIN5O. The Morgan fingerprint density at radius 1 is 1.30 bits per heavy atom. The lowest BCUT2D eigenvalue weighted by Gasteiger charge is -2.36. The third-order valence-electron chi connectivity index (χ3n) is 5.78. The average molecular weight is 533 g/mol. The summed E-state index contributed by atoms with van der Waals surface area (Å²) in [7, 11) is 1.83. The number of ether oxygens (including phenoxy) is 1. The number of aliphatic imine (C=N–C) groups is 1. The number of aryl methyl sites for hydroxylation is 1. The number of nitrogens with one attached hydrogen (secondary N) is 2. The molecule has 30 heavy (non-hydrogen) atoms. The molecule has 8 heteroatoms. The van der Waals surface area contributed by atoms with E-state index in [1.165, 1.54) is 0 Å². The minimum Gasteiger partial charge on any atom is -0.379 e. The van der Waals surface area contributed by atoms with Gasteiger partial charge in [0.1, 0.15) is 5.82 Å². The van der Waals surface area contributed by atoms with Crippen LogP contribution in [0.15, 0.2) is 23.2 Å². The molecule has 2 aliphatic heterocycles. The van der Waals surface area contributed by atoms with Crippen LogP contribution in [0.5, 0.6) is 0 Å². The normalized spacial score (nSPS) is 21.7. The first-order chi connectivity index (χ1) is 14.0. The molecule has 0 saturated carbocycles. The zero-order valence-electron chi connectivity index (χ0n) is 18.5. The molecule has 1 aromatic rings. The van der Waals surface area contributed by atoms with E-state index >= 15 is 0 Å². The highest BCUT2D eigenvalue weighted by Gasteiger charge is 2.22. The van der Waals surface area contributed by atoms with Crippen LogP contribution in [0.1, 0.15) is 25.3 Å². The predicted molar refractivity (Wildman–Crippen MR) is 133 cm³/mol. The number of morpholine rings is 1. The maximum Gasteiger partial charge on any atom is 0.191 e. The number of rotatable bonds is 6. The average Bonchev–Trinajstić information content (AvgIpc) is 2.72. The van der Waals surface area contributed by atoms with Gasteiger partial charge in [-0.2, -0.15) is 0 Å². The van der Waals surface area contributed by atoms with Crippen LogP contribution < -0.4 is 15.5 Å². The van der Waals surface area contributed by atoms with E-state index in [4.69, 9.17) is 4.74 Å². The van der Waals surface area contributed by atoms with E-state index in [0.717, 1.165) is 82.5 Å². The third-order valence-corrected chi connectivity index (χ3v) is 5.78. The molecule has 0 radical (unpaired) electrons. The lowest BCUT2D eigenvalue weighted by molar-refractivity contribution is 0.0320. The fourth-order valence-electron chi connectivity index (χ4n) is 4.24. The molecule has 2 atom stereocenters. The Hall–Kier alpha value is -1.13. The van der Waals surface area contributed by atoms with Crippen molar-refractivity contribution in [3.8, 4) is 0 Å². The van der Waals surface area contributed by atoms with Crippen LogP contribution in [-0.4, -0.2) is 76.4 Å². The Morgan fingerprint density at radius 3 is 2.77 bits per heavy atom. The van der Waals surface area contributed by atoms with Gasteiger partial charge in [-0.05, 0) is 49.4 Å². The summed E-state index contributed by atoms with van der Waals surface area (Å²) < 4.78 is 18.9. The van der Waals surface area contributed by atoms with Gasteiger partial charge in [-0.25, -0.2) is 4.39 Å². The van der Waals surface area contributed by atoms with E-state index in [-0.39, 0.29) is 29.8 Å². The Bertz CT molecular complexity index is 683. The van der Waals surface area contributed by atoms with Gasteiger partial charge >= 0.3 is 0 Å². The lowest BCUT2D eigenvalue weighted by Crippen LogP contribution is -2.52. The number of nitrogens with zero attached hydrogens (tertiary/aromatic N) is 3. The van der Waals surface area contributed by atoms with Crippen LogP contribution in [0.4, 0.5) is 10.1 Å². The minimum absolute atomic E-state index is 0. The van der Waals surface area contributed by atoms with Crippen molar-refractivity contribution in [3.05, 3.63) is 29.6 Å². The highest BCUT2D eigenvalue weighted by molar-refractivity contribution is 14.0. The van der Waals surface area contributed by atoms with Crippen molar-refractivity contribution in [2.45, 2.75) is 32.7 Å². The molecular weight excluding hydrogens is 496 g/mol. The number of hydrogen-bond acceptors (Lipinski definition) is 4. The molecule has 0 amide bonds. The number of halogens is 2. The maximum absolute atomic E-state index is 13.4. The Balaban J connectivity index is 0.00000320. The summed E-state index contributed by atoms with van der Waals surface area (Å²) in [6.07, 6.45) is 2.22. The summed E-state index contributed by atoms with van der Waals surface area (Å²) in [6.45, 7) is 11.9. The molecule has 2 N–H and O–H groups in total. The number of piperidine rings is 1. The van der Waals surface area contributed by atoms with Gasteiger partial charge in [-0.15, -0.1) is 24.0 Å². The van der Waals surface area contributed by atoms with E-state index < -0.39 is 0 Å². The van der Waals surface area contributed by atoms with Gasteiger partial charge in [0.05, 0.1) is 13.2 Å². The highest BCUT2D eigenvalue weighted by Crippen LogP contribution is 2.24. The van der Waals surface area contributed by atoms with Crippen molar-refractivity contribution in [1.29, 1.82) is 0 Å². The fraction of sp³-hybridized carbons (Fsp3) is 0.682. The van der Waals surface area contributed by atoms with Crippen molar-refractivity contribution in [3.63, 3.8) is 0 Å². The molecule has 1 aromatic carbocycles. The summed E-state index contributed by atoms with van der Waals surface area (Å²) in [5.74, 6) is 1.23. The number of anilines is 1. The molecule has 6 nitrogen and oxygen atoms in total. The zero-order valence-corrected chi connectivity index (χ0v) is 20.8. The van der Waals surface area contributed by atoms with Gasteiger partial charge in [0, 0.05) is 58.0 Å².